The number of nitrogens with one attached hydrogen (secondary N) is 1. The summed E-state index contributed by atoms with van der Waals surface area (Å²) in [6, 6.07) is 15.5. The van der Waals surface area contributed by atoms with Crippen LogP contribution in [0.3, 0.4) is 0 Å². The van der Waals surface area contributed by atoms with E-state index >= 15 is 0 Å². The Hall–Kier alpha value is -2.62. The summed E-state index contributed by atoms with van der Waals surface area (Å²) in [4.78, 5) is 24.6. The highest BCUT2D eigenvalue weighted by Gasteiger charge is 2.27. The van der Waals surface area contributed by atoms with Crippen molar-refractivity contribution in [2.45, 2.75) is 51.7 Å². The first-order chi connectivity index (χ1) is 12.3. The molecule has 2 aromatic carbocycles. The maximum atomic E-state index is 12.5. The van der Waals surface area contributed by atoms with Gasteiger partial charge in [0, 0.05) is 12.0 Å². The van der Waals surface area contributed by atoms with E-state index in [-0.39, 0.29) is 11.8 Å². The van der Waals surface area contributed by atoms with Crippen LogP contribution in [0.25, 0.3) is 0 Å². The fourth-order valence-corrected chi connectivity index (χ4v) is 3.27. The van der Waals surface area contributed by atoms with Crippen LogP contribution in [0.2, 0.25) is 0 Å². The van der Waals surface area contributed by atoms with Crippen molar-refractivity contribution >= 4 is 11.9 Å². The molecule has 0 radical (unpaired) electrons. The number of carbonyl (C=O) groups is 2. The van der Waals surface area contributed by atoms with E-state index in [1.54, 1.807) is 0 Å². The van der Waals surface area contributed by atoms with Gasteiger partial charge in [0.1, 0.15) is 5.60 Å². The van der Waals surface area contributed by atoms with E-state index in [9.17, 15) is 9.59 Å². The number of amides is 1. The zero-order valence-electron chi connectivity index (χ0n) is 15.5. The minimum atomic E-state index is -0.515. The average Bonchev–Trinajstić information content (AvgIpc) is 2.96. The molecule has 0 bridgehead atoms. The van der Waals surface area contributed by atoms with Crippen LogP contribution in [-0.2, 0) is 17.6 Å². The smallest absolute Gasteiger partial charge is 0.408 e. The van der Waals surface area contributed by atoms with Gasteiger partial charge in [0.25, 0.3) is 0 Å². The van der Waals surface area contributed by atoms with E-state index in [1.807, 2.05) is 69.3 Å². The molecule has 4 nitrogen and oxygen atoms in total. The first-order valence-electron chi connectivity index (χ1n) is 9.01. The zero-order chi connectivity index (χ0) is 18.7. The fraction of sp³-hybridized carbons (Fsp3) is 0.364. The van der Waals surface area contributed by atoms with Gasteiger partial charge in [-0.05, 0) is 56.4 Å². The van der Waals surface area contributed by atoms with Crippen molar-refractivity contribution < 1.29 is 14.3 Å². The van der Waals surface area contributed by atoms with Crippen molar-refractivity contribution in [2.75, 3.05) is 0 Å². The van der Waals surface area contributed by atoms with E-state index in [1.165, 1.54) is 0 Å². The third-order valence-corrected chi connectivity index (χ3v) is 4.44. The molecule has 3 rings (SSSR count). The number of alkyl carbamates (subject to hydrolysis) is 1. The summed E-state index contributed by atoms with van der Waals surface area (Å²) in [6.07, 6.45) is 1.67. The van der Waals surface area contributed by atoms with Crippen molar-refractivity contribution in [1.82, 2.24) is 5.32 Å². The molecule has 26 heavy (non-hydrogen) atoms. The Morgan fingerprint density at radius 2 is 1.85 bits per heavy atom. The number of Topliss-reactive ketones (excluding diaryl/α,β-unsaturated/α-hetero) is 1. The molecule has 0 saturated heterocycles. The van der Waals surface area contributed by atoms with E-state index in [4.69, 9.17) is 4.74 Å². The number of fused-ring (bicyclic) bond motifs is 1. The first kappa shape index (κ1) is 18.2. The number of carbonyl (C=O) groups excluding carboxylic acids is 2. The monoisotopic (exact) mass is 351 g/mol. The Balaban J connectivity index is 1.68. The number of ether oxygens (including phenoxy) is 1. The Bertz CT molecular complexity index is 806. The van der Waals surface area contributed by atoms with Gasteiger partial charge in [-0.1, -0.05) is 42.5 Å². The topological polar surface area (TPSA) is 55.4 Å². The normalized spacial score (nSPS) is 16.0. The number of hydrogen-bond donors (Lipinski definition) is 1. The summed E-state index contributed by atoms with van der Waals surface area (Å²) in [7, 11) is 0. The molecule has 1 aliphatic carbocycles. The Morgan fingerprint density at radius 1 is 1.12 bits per heavy atom. The predicted molar refractivity (Wildman–Crippen MR) is 101 cm³/mol. The third kappa shape index (κ3) is 4.51. The lowest BCUT2D eigenvalue weighted by atomic mass is 9.99. The summed E-state index contributed by atoms with van der Waals surface area (Å²) < 4.78 is 5.34. The molecule has 0 fully saturated rings. The standard InChI is InChI=1S/C22H25NO3/c1-22(2,3)26-21(25)23-19-12-10-16-14-17(9-11-18(16)19)20(24)13-15-7-5-4-6-8-15/h4-9,11,14,19H,10,12-13H2,1-3H3,(H,23,25)/t19-/m0/s1. The molecule has 0 saturated carbocycles. The second-order valence-electron chi connectivity index (χ2n) is 7.74. The van der Waals surface area contributed by atoms with Crippen molar-refractivity contribution in [3.63, 3.8) is 0 Å². The summed E-state index contributed by atoms with van der Waals surface area (Å²) in [5, 5.41) is 2.93. The highest BCUT2D eigenvalue weighted by Crippen LogP contribution is 2.32. The average molecular weight is 351 g/mol. The molecule has 0 unspecified atom stereocenters. The number of aryl methyl sites for hydroxylation is 1. The molecule has 2 aromatic rings. The van der Waals surface area contributed by atoms with Crippen LogP contribution in [0.1, 0.15) is 60.3 Å². The number of rotatable bonds is 4. The van der Waals surface area contributed by atoms with Gasteiger partial charge in [-0.15, -0.1) is 0 Å². The minimum absolute atomic E-state index is 0.0573. The molecule has 4 heteroatoms. The van der Waals surface area contributed by atoms with Gasteiger partial charge < -0.3 is 10.1 Å². The highest BCUT2D eigenvalue weighted by molar-refractivity contribution is 5.97. The largest absolute Gasteiger partial charge is 0.444 e. The molecule has 1 N–H and O–H groups in total. The van der Waals surface area contributed by atoms with E-state index < -0.39 is 11.7 Å². The molecule has 1 atom stereocenters. The Kier molecular flexibility index (Phi) is 5.12. The van der Waals surface area contributed by atoms with E-state index in [2.05, 4.69) is 5.32 Å². The van der Waals surface area contributed by atoms with Crippen molar-refractivity contribution in [2.24, 2.45) is 0 Å². The molecule has 0 spiro atoms. The maximum Gasteiger partial charge on any atom is 0.408 e. The van der Waals surface area contributed by atoms with E-state index in [0.717, 1.165) is 35.1 Å². The minimum Gasteiger partial charge on any atom is -0.444 e. The summed E-state index contributed by atoms with van der Waals surface area (Å²) in [5.41, 5.74) is 3.43. The maximum absolute atomic E-state index is 12.5. The molecule has 0 aliphatic heterocycles. The quantitative estimate of drug-likeness (QED) is 0.818. The molecule has 0 heterocycles. The van der Waals surface area contributed by atoms with Crippen LogP contribution in [0, 0.1) is 0 Å². The van der Waals surface area contributed by atoms with Gasteiger partial charge in [-0.25, -0.2) is 4.79 Å². The predicted octanol–water partition coefficient (Wildman–Crippen LogP) is 4.62. The summed E-state index contributed by atoms with van der Waals surface area (Å²) >= 11 is 0. The zero-order valence-corrected chi connectivity index (χ0v) is 15.5. The molecule has 1 aliphatic rings. The van der Waals surface area contributed by atoms with Crippen LogP contribution in [0.5, 0.6) is 0 Å². The van der Waals surface area contributed by atoms with Crippen LogP contribution in [-0.4, -0.2) is 17.5 Å². The van der Waals surface area contributed by atoms with Crippen LogP contribution < -0.4 is 5.32 Å². The summed E-state index contributed by atoms with van der Waals surface area (Å²) in [6.45, 7) is 5.54. The van der Waals surface area contributed by atoms with Crippen LogP contribution >= 0.6 is 0 Å². The molecule has 136 valence electrons. The third-order valence-electron chi connectivity index (χ3n) is 4.44. The molecular weight excluding hydrogens is 326 g/mol. The van der Waals surface area contributed by atoms with E-state index in [0.29, 0.717) is 6.42 Å². The molecule has 1 amide bonds. The SMILES string of the molecule is CC(C)(C)OC(=O)N[C@H]1CCc2cc(C(=O)Cc3ccccc3)ccc21. The Labute approximate surface area is 154 Å². The van der Waals surface area contributed by atoms with Gasteiger partial charge >= 0.3 is 6.09 Å². The van der Waals surface area contributed by atoms with Gasteiger partial charge in [-0.3, -0.25) is 4.79 Å². The van der Waals surface area contributed by atoms with Gasteiger partial charge in [0.15, 0.2) is 5.78 Å². The lowest BCUT2D eigenvalue weighted by molar-refractivity contribution is 0.0503. The first-order valence-corrected chi connectivity index (χ1v) is 9.01. The molecule has 0 aromatic heterocycles. The summed E-state index contributed by atoms with van der Waals surface area (Å²) in [5.74, 6) is 0.113. The van der Waals surface area contributed by atoms with Gasteiger partial charge in [0.05, 0.1) is 6.04 Å². The van der Waals surface area contributed by atoms with Gasteiger partial charge in [0.2, 0.25) is 0 Å². The fourth-order valence-electron chi connectivity index (χ4n) is 3.27. The molecular formula is C22H25NO3. The lowest BCUT2D eigenvalue weighted by Crippen LogP contribution is -2.34. The van der Waals surface area contributed by atoms with Crippen LogP contribution in [0.15, 0.2) is 48.5 Å². The van der Waals surface area contributed by atoms with Crippen molar-refractivity contribution in [3.05, 3.63) is 70.8 Å². The van der Waals surface area contributed by atoms with Crippen molar-refractivity contribution in [3.8, 4) is 0 Å². The number of benzene rings is 2. The lowest BCUT2D eigenvalue weighted by Gasteiger charge is -2.22. The van der Waals surface area contributed by atoms with Crippen molar-refractivity contribution in [1.29, 1.82) is 0 Å². The van der Waals surface area contributed by atoms with Gasteiger partial charge in [-0.2, -0.15) is 0 Å². The highest BCUT2D eigenvalue weighted by atomic mass is 16.6. The second-order valence-corrected chi connectivity index (χ2v) is 7.74. The second kappa shape index (κ2) is 7.32. The number of hydrogen-bond acceptors (Lipinski definition) is 3. The Morgan fingerprint density at radius 3 is 2.54 bits per heavy atom. The van der Waals surface area contributed by atoms with Crippen LogP contribution in [0.4, 0.5) is 4.79 Å². The number of ketones is 1.